The van der Waals surface area contributed by atoms with Crippen molar-refractivity contribution in [2.45, 2.75) is 26.3 Å². The number of carbonyl (C=O) groups is 3. The second-order valence-electron chi connectivity index (χ2n) is 7.30. The summed E-state index contributed by atoms with van der Waals surface area (Å²) in [7, 11) is 0. The van der Waals surface area contributed by atoms with Gasteiger partial charge in [0.25, 0.3) is 5.91 Å². The number of rotatable bonds is 7. The van der Waals surface area contributed by atoms with Crippen LogP contribution in [0.5, 0.6) is 0 Å². The molecule has 0 spiro atoms. The van der Waals surface area contributed by atoms with E-state index < -0.39 is 0 Å². The van der Waals surface area contributed by atoms with E-state index in [4.69, 9.17) is 0 Å². The molecule has 30 heavy (non-hydrogen) atoms. The molecule has 2 heterocycles. The van der Waals surface area contributed by atoms with Gasteiger partial charge in [0.1, 0.15) is 5.82 Å². The predicted octanol–water partition coefficient (Wildman–Crippen LogP) is 2.90. The fraction of sp³-hybridized carbons (Fsp3) is 0.409. The number of nitrogens with zero attached hydrogens (tertiary/aromatic N) is 2. The third kappa shape index (κ3) is 5.66. The van der Waals surface area contributed by atoms with Crippen molar-refractivity contribution < 1.29 is 18.8 Å². The first-order valence-electron chi connectivity index (χ1n) is 10.1. The molecular weight excluding hydrogens is 405 g/mol. The van der Waals surface area contributed by atoms with E-state index in [9.17, 15) is 18.8 Å². The zero-order valence-corrected chi connectivity index (χ0v) is 17.8. The number of amides is 3. The molecule has 1 aromatic heterocycles. The van der Waals surface area contributed by atoms with E-state index in [0.29, 0.717) is 37.4 Å². The van der Waals surface area contributed by atoms with E-state index in [1.165, 1.54) is 23.5 Å². The molecule has 1 aromatic carbocycles. The van der Waals surface area contributed by atoms with Crippen LogP contribution in [0.1, 0.15) is 35.0 Å². The average molecular weight is 432 g/mol. The largest absolute Gasteiger partial charge is 0.350 e. The molecule has 8 heteroatoms. The molecule has 6 nitrogen and oxygen atoms in total. The maximum Gasteiger partial charge on any atom is 0.263 e. The van der Waals surface area contributed by atoms with E-state index in [0.717, 1.165) is 5.56 Å². The van der Waals surface area contributed by atoms with Gasteiger partial charge in [0.05, 0.1) is 11.4 Å². The van der Waals surface area contributed by atoms with Crippen molar-refractivity contribution in [3.63, 3.8) is 0 Å². The summed E-state index contributed by atoms with van der Waals surface area (Å²) in [5.74, 6) is -0.779. The van der Waals surface area contributed by atoms with Crippen molar-refractivity contribution in [2.24, 2.45) is 5.92 Å². The van der Waals surface area contributed by atoms with E-state index in [1.807, 2.05) is 24.4 Å². The first-order chi connectivity index (χ1) is 14.5. The second-order valence-corrected chi connectivity index (χ2v) is 8.25. The van der Waals surface area contributed by atoms with Gasteiger partial charge in [0, 0.05) is 32.1 Å². The monoisotopic (exact) mass is 431 g/mol. The fourth-order valence-corrected chi connectivity index (χ4v) is 4.21. The Kier molecular flexibility index (Phi) is 7.57. The van der Waals surface area contributed by atoms with Crippen LogP contribution in [0.15, 0.2) is 41.8 Å². The minimum absolute atomic E-state index is 0.00906. The summed E-state index contributed by atoms with van der Waals surface area (Å²) in [4.78, 5) is 41.7. The van der Waals surface area contributed by atoms with Crippen LogP contribution in [0, 0.1) is 11.7 Å². The lowest BCUT2D eigenvalue weighted by atomic mass is 9.95. The topological polar surface area (TPSA) is 69.7 Å². The molecule has 3 amide bonds. The second kappa shape index (κ2) is 10.3. The highest BCUT2D eigenvalue weighted by atomic mass is 32.1. The molecule has 0 radical (unpaired) electrons. The van der Waals surface area contributed by atoms with Gasteiger partial charge in [-0.25, -0.2) is 4.39 Å². The van der Waals surface area contributed by atoms with Crippen molar-refractivity contribution in [1.29, 1.82) is 0 Å². The number of piperidine rings is 1. The van der Waals surface area contributed by atoms with Crippen molar-refractivity contribution in [2.75, 3.05) is 26.2 Å². The summed E-state index contributed by atoms with van der Waals surface area (Å²) >= 11 is 1.42. The number of hydrogen-bond acceptors (Lipinski definition) is 4. The van der Waals surface area contributed by atoms with Crippen LogP contribution in [-0.2, 0) is 16.1 Å². The Balaban J connectivity index is 1.46. The predicted molar refractivity (Wildman–Crippen MR) is 113 cm³/mol. The Bertz CT molecular complexity index is 862. The number of carbonyl (C=O) groups excluding carboxylic acids is 3. The van der Waals surface area contributed by atoms with Crippen LogP contribution >= 0.6 is 11.3 Å². The third-order valence-corrected chi connectivity index (χ3v) is 6.15. The molecule has 0 bridgehead atoms. The van der Waals surface area contributed by atoms with Gasteiger partial charge in [0.2, 0.25) is 11.8 Å². The lowest BCUT2D eigenvalue weighted by Crippen LogP contribution is -2.47. The minimum Gasteiger partial charge on any atom is -0.350 e. The summed E-state index contributed by atoms with van der Waals surface area (Å²) in [5, 5.41) is 4.65. The Morgan fingerprint density at radius 3 is 2.47 bits per heavy atom. The number of benzene rings is 1. The SMILES string of the molecule is CCN(CC(=O)NCc1ccc(F)cc1)C(=O)C1CCN(C(=O)c2cccs2)CC1. The average Bonchev–Trinajstić information content (AvgIpc) is 3.31. The number of nitrogens with one attached hydrogen (secondary N) is 1. The number of likely N-dealkylation sites (N-methyl/N-ethyl adjacent to an activating group) is 1. The quantitative estimate of drug-likeness (QED) is 0.733. The normalized spacial score (nSPS) is 14.4. The highest BCUT2D eigenvalue weighted by molar-refractivity contribution is 7.12. The molecule has 2 aromatic rings. The van der Waals surface area contributed by atoms with Crippen LogP contribution in [0.3, 0.4) is 0 Å². The molecule has 160 valence electrons. The van der Waals surface area contributed by atoms with Gasteiger partial charge in [-0.3, -0.25) is 14.4 Å². The smallest absolute Gasteiger partial charge is 0.263 e. The zero-order chi connectivity index (χ0) is 21.5. The van der Waals surface area contributed by atoms with Crippen molar-refractivity contribution in [3.8, 4) is 0 Å². The molecule has 3 rings (SSSR count). The van der Waals surface area contributed by atoms with Crippen molar-refractivity contribution in [3.05, 3.63) is 58.0 Å². The van der Waals surface area contributed by atoms with Gasteiger partial charge >= 0.3 is 0 Å². The third-order valence-electron chi connectivity index (χ3n) is 5.29. The van der Waals surface area contributed by atoms with Gasteiger partial charge < -0.3 is 15.1 Å². The van der Waals surface area contributed by atoms with Gasteiger partial charge in [-0.05, 0) is 48.9 Å². The fourth-order valence-electron chi connectivity index (χ4n) is 3.52. The van der Waals surface area contributed by atoms with Crippen LogP contribution in [0.2, 0.25) is 0 Å². The van der Waals surface area contributed by atoms with Gasteiger partial charge in [-0.15, -0.1) is 11.3 Å². The molecule has 0 unspecified atom stereocenters. The molecule has 1 aliphatic rings. The lowest BCUT2D eigenvalue weighted by molar-refractivity contribution is -0.140. The maximum absolute atomic E-state index is 13.0. The van der Waals surface area contributed by atoms with Crippen LogP contribution in [0.4, 0.5) is 4.39 Å². The summed E-state index contributed by atoms with van der Waals surface area (Å²) in [6.45, 7) is 3.65. The number of likely N-dealkylation sites (tertiary alicyclic amines) is 1. The first kappa shape index (κ1) is 22.0. The summed E-state index contributed by atoms with van der Waals surface area (Å²) in [5.41, 5.74) is 0.793. The lowest BCUT2D eigenvalue weighted by Gasteiger charge is -2.33. The van der Waals surface area contributed by atoms with Gasteiger partial charge in [-0.1, -0.05) is 18.2 Å². The Morgan fingerprint density at radius 2 is 1.87 bits per heavy atom. The van der Waals surface area contributed by atoms with Crippen LogP contribution in [-0.4, -0.2) is 53.7 Å². The number of thiophene rings is 1. The Labute approximate surface area is 179 Å². The molecule has 1 aliphatic heterocycles. The van der Waals surface area contributed by atoms with E-state index >= 15 is 0 Å². The standard InChI is InChI=1S/C22H26FN3O3S/c1-2-25(15-20(27)24-14-16-5-7-18(23)8-6-16)21(28)17-9-11-26(12-10-17)22(29)19-4-3-13-30-19/h3-8,13,17H,2,9-12,14-15H2,1H3,(H,24,27). The highest BCUT2D eigenvalue weighted by Crippen LogP contribution is 2.22. The van der Waals surface area contributed by atoms with Gasteiger partial charge in [0.15, 0.2) is 0 Å². The Morgan fingerprint density at radius 1 is 1.17 bits per heavy atom. The molecule has 0 saturated carbocycles. The van der Waals surface area contributed by atoms with Crippen molar-refractivity contribution in [1.82, 2.24) is 15.1 Å². The van der Waals surface area contributed by atoms with Gasteiger partial charge in [-0.2, -0.15) is 0 Å². The molecule has 1 saturated heterocycles. The number of hydrogen-bond donors (Lipinski definition) is 1. The molecule has 0 aliphatic carbocycles. The van der Waals surface area contributed by atoms with Crippen LogP contribution in [0.25, 0.3) is 0 Å². The molecular formula is C22H26FN3O3S. The summed E-state index contributed by atoms with van der Waals surface area (Å²) < 4.78 is 13.0. The zero-order valence-electron chi connectivity index (χ0n) is 17.0. The Hall–Kier alpha value is -2.74. The van der Waals surface area contributed by atoms with Crippen LogP contribution < -0.4 is 5.32 Å². The van der Waals surface area contributed by atoms with E-state index in [2.05, 4.69) is 5.32 Å². The number of halogens is 1. The summed E-state index contributed by atoms with van der Waals surface area (Å²) in [6, 6.07) is 9.59. The highest BCUT2D eigenvalue weighted by Gasteiger charge is 2.31. The van der Waals surface area contributed by atoms with Crippen molar-refractivity contribution >= 4 is 29.1 Å². The minimum atomic E-state index is -0.323. The molecule has 0 atom stereocenters. The maximum atomic E-state index is 13.0. The first-order valence-corrected chi connectivity index (χ1v) is 11.0. The summed E-state index contributed by atoms with van der Waals surface area (Å²) in [6.07, 6.45) is 1.20. The molecule has 1 fully saturated rings. The van der Waals surface area contributed by atoms with E-state index in [1.54, 1.807) is 21.9 Å². The molecule has 1 N–H and O–H groups in total. The van der Waals surface area contributed by atoms with E-state index in [-0.39, 0.29) is 42.5 Å².